The van der Waals surface area contributed by atoms with Gasteiger partial charge in [-0.15, -0.1) is 0 Å². The van der Waals surface area contributed by atoms with Gasteiger partial charge in [-0.05, 0) is 19.9 Å². The summed E-state index contributed by atoms with van der Waals surface area (Å²) in [7, 11) is 0. The number of alkyl halides is 2. The Balaban J connectivity index is 2.57. The van der Waals surface area contributed by atoms with Crippen LogP contribution in [-0.4, -0.2) is 30.6 Å². The van der Waals surface area contributed by atoms with Crippen molar-refractivity contribution >= 4 is 5.97 Å². The van der Waals surface area contributed by atoms with Crippen molar-refractivity contribution in [1.29, 1.82) is 0 Å². The molecular weight excluding hydrogens is 216 g/mol. The number of hydrogen-bond donors (Lipinski definition) is 1. The highest BCUT2D eigenvalue weighted by Crippen LogP contribution is 2.24. The zero-order valence-corrected chi connectivity index (χ0v) is 9.24. The third-order valence-electron chi connectivity index (χ3n) is 2.22. The van der Waals surface area contributed by atoms with E-state index in [4.69, 9.17) is 4.74 Å². The number of carbonyl (C=O) groups excluding carboxylic acids is 1. The average Bonchev–Trinajstić information content (AvgIpc) is 2.21. The molecule has 16 heavy (non-hydrogen) atoms. The molecule has 0 fully saturated rings. The summed E-state index contributed by atoms with van der Waals surface area (Å²) in [5, 5.41) is 2.53. The summed E-state index contributed by atoms with van der Waals surface area (Å²) in [4.78, 5) is 11.3. The number of ether oxygens (including phenoxy) is 1. The zero-order chi connectivity index (χ0) is 12.2. The van der Waals surface area contributed by atoms with Gasteiger partial charge >= 0.3 is 5.97 Å². The van der Waals surface area contributed by atoms with E-state index in [-0.39, 0.29) is 6.61 Å². The number of carbonyl (C=O) groups is 1. The predicted molar refractivity (Wildman–Crippen MR) is 56.2 cm³/mol. The maximum atomic E-state index is 13.3. The van der Waals surface area contributed by atoms with Gasteiger partial charge in [0.05, 0.1) is 12.6 Å². The molecule has 0 aromatic rings. The first kappa shape index (κ1) is 12.8. The SMILES string of the molecule is CCOC(=O)C(C)NC1C=CC=CC1(F)F. The van der Waals surface area contributed by atoms with Crippen LogP contribution in [0.5, 0.6) is 0 Å². The van der Waals surface area contributed by atoms with Gasteiger partial charge in [-0.25, -0.2) is 0 Å². The Labute approximate surface area is 93.2 Å². The Morgan fingerprint density at radius 1 is 1.56 bits per heavy atom. The fourth-order valence-electron chi connectivity index (χ4n) is 1.36. The van der Waals surface area contributed by atoms with Gasteiger partial charge in [-0.3, -0.25) is 10.1 Å². The molecule has 5 heteroatoms. The summed E-state index contributed by atoms with van der Waals surface area (Å²) in [6, 6.07) is -1.93. The highest BCUT2D eigenvalue weighted by atomic mass is 19.3. The number of hydrogen-bond acceptors (Lipinski definition) is 3. The van der Waals surface area contributed by atoms with Crippen LogP contribution in [0.15, 0.2) is 24.3 Å². The van der Waals surface area contributed by atoms with Crippen LogP contribution in [0, 0.1) is 0 Å². The van der Waals surface area contributed by atoms with Crippen LogP contribution in [0.1, 0.15) is 13.8 Å². The summed E-state index contributed by atoms with van der Waals surface area (Å²) in [6.07, 6.45) is 4.94. The summed E-state index contributed by atoms with van der Waals surface area (Å²) >= 11 is 0. The summed E-state index contributed by atoms with van der Waals surface area (Å²) in [6.45, 7) is 3.41. The molecule has 0 aromatic heterocycles. The van der Waals surface area contributed by atoms with E-state index in [1.54, 1.807) is 6.92 Å². The van der Waals surface area contributed by atoms with Crippen LogP contribution in [-0.2, 0) is 9.53 Å². The first-order chi connectivity index (χ1) is 7.47. The molecule has 0 bridgehead atoms. The van der Waals surface area contributed by atoms with E-state index in [0.717, 1.165) is 6.08 Å². The molecule has 1 rings (SSSR count). The molecule has 2 atom stereocenters. The lowest BCUT2D eigenvalue weighted by atomic mass is 10.0. The van der Waals surface area contributed by atoms with Gasteiger partial charge in [0.15, 0.2) is 0 Å². The van der Waals surface area contributed by atoms with Crippen molar-refractivity contribution in [2.45, 2.75) is 31.9 Å². The molecule has 2 unspecified atom stereocenters. The van der Waals surface area contributed by atoms with Gasteiger partial charge in [0, 0.05) is 0 Å². The van der Waals surface area contributed by atoms with Crippen LogP contribution >= 0.6 is 0 Å². The smallest absolute Gasteiger partial charge is 0.322 e. The second-order valence-corrected chi connectivity index (χ2v) is 3.54. The van der Waals surface area contributed by atoms with Gasteiger partial charge in [0.1, 0.15) is 6.04 Å². The van der Waals surface area contributed by atoms with E-state index < -0.39 is 24.0 Å². The highest BCUT2D eigenvalue weighted by Gasteiger charge is 2.37. The Morgan fingerprint density at radius 3 is 2.81 bits per heavy atom. The second-order valence-electron chi connectivity index (χ2n) is 3.54. The number of nitrogens with one attached hydrogen (secondary N) is 1. The first-order valence-electron chi connectivity index (χ1n) is 5.14. The fourth-order valence-corrected chi connectivity index (χ4v) is 1.36. The molecule has 0 spiro atoms. The number of allylic oxidation sites excluding steroid dienone is 2. The van der Waals surface area contributed by atoms with Crippen molar-refractivity contribution in [2.24, 2.45) is 0 Å². The normalized spacial score (nSPS) is 24.1. The Bertz CT molecular complexity index is 313. The van der Waals surface area contributed by atoms with Gasteiger partial charge in [0.2, 0.25) is 0 Å². The van der Waals surface area contributed by atoms with Crippen molar-refractivity contribution in [3.63, 3.8) is 0 Å². The maximum absolute atomic E-state index is 13.3. The maximum Gasteiger partial charge on any atom is 0.322 e. The second kappa shape index (κ2) is 5.21. The molecule has 1 aliphatic carbocycles. The summed E-state index contributed by atoms with van der Waals surface area (Å²) < 4.78 is 31.4. The standard InChI is InChI=1S/C11H15F2NO2/c1-3-16-10(15)8(2)14-9-6-4-5-7-11(9,12)13/h4-9,14H,3H2,1-2H3. The third-order valence-corrected chi connectivity index (χ3v) is 2.22. The van der Waals surface area contributed by atoms with Gasteiger partial charge in [-0.2, -0.15) is 8.78 Å². The van der Waals surface area contributed by atoms with Crippen LogP contribution in [0.2, 0.25) is 0 Å². The molecule has 0 radical (unpaired) electrons. The lowest BCUT2D eigenvalue weighted by molar-refractivity contribution is -0.145. The third kappa shape index (κ3) is 3.13. The molecule has 1 N–H and O–H groups in total. The topological polar surface area (TPSA) is 38.3 Å². The monoisotopic (exact) mass is 231 g/mol. The molecule has 0 aromatic carbocycles. The van der Waals surface area contributed by atoms with Crippen molar-refractivity contribution < 1.29 is 18.3 Å². The van der Waals surface area contributed by atoms with Gasteiger partial charge in [-0.1, -0.05) is 18.2 Å². The minimum Gasteiger partial charge on any atom is -0.465 e. The lowest BCUT2D eigenvalue weighted by Gasteiger charge is -2.26. The fraction of sp³-hybridized carbons (Fsp3) is 0.545. The minimum absolute atomic E-state index is 0.238. The molecule has 1 aliphatic rings. The molecule has 0 aliphatic heterocycles. The van der Waals surface area contributed by atoms with E-state index in [1.165, 1.54) is 25.2 Å². The number of halogens is 2. The molecule has 0 saturated carbocycles. The predicted octanol–water partition coefficient (Wildman–Crippen LogP) is 1.66. The molecule has 90 valence electrons. The molecular formula is C11H15F2NO2. The Morgan fingerprint density at radius 2 is 2.25 bits per heavy atom. The average molecular weight is 231 g/mol. The number of rotatable bonds is 4. The molecule has 0 saturated heterocycles. The van der Waals surface area contributed by atoms with E-state index in [9.17, 15) is 13.6 Å². The molecule has 0 amide bonds. The van der Waals surface area contributed by atoms with Crippen molar-refractivity contribution in [3.8, 4) is 0 Å². The van der Waals surface area contributed by atoms with E-state index >= 15 is 0 Å². The largest absolute Gasteiger partial charge is 0.465 e. The van der Waals surface area contributed by atoms with E-state index in [1.807, 2.05) is 0 Å². The van der Waals surface area contributed by atoms with Crippen LogP contribution in [0.25, 0.3) is 0 Å². The quantitative estimate of drug-likeness (QED) is 0.748. The summed E-state index contributed by atoms with van der Waals surface area (Å²) in [5.74, 6) is -3.50. The van der Waals surface area contributed by atoms with E-state index in [2.05, 4.69) is 5.32 Å². The lowest BCUT2D eigenvalue weighted by Crippen LogP contribution is -2.50. The Kier molecular flexibility index (Phi) is 4.18. The van der Waals surface area contributed by atoms with Crippen LogP contribution in [0.3, 0.4) is 0 Å². The molecule has 0 heterocycles. The number of esters is 1. The van der Waals surface area contributed by atoms with E-state index in [0.29, 0.717) is 0 Å². The zero-order valence-electron chi connectivity index (χ0n) is 9.24. The summed E-state index contributed by atoms with van der Waals surface area (Å²) in [5.41, 5.74) is 0. The van der Waals surface area contributed by atoms with Crippen molar-refractivity contribution in [1.82, 2.24) is 5.32 Å². The van der Waals surface area contributed by atoms with Crippen LogP contribution in [0.4, 0.5) is 8.78 Å². The van der Waals surface area contributed by atoms with Gasteiger partial charge in [0.25, 0.3) is 5.92 Å². The van der Waals surface area contributed by atoms with Gasteiger partial charge < -0.3 is 4.74 Å². The van der Waals surface area contributed by atoms with Crippen molar-refractivity contribution in [3.05, 3.63) is 24.3 Å². The first-order valence-corrected chi connectivity index (χ1v) is 5.14. The van der Waals surface area contributed by atoms with Crippen LogP contribution < -0.4 is 5.32 Å². The highest BCUT2D eigenvalue weighted by molar-refractivity contribution is 5.75. The molecule has 3 nitrogen and oxygen atoms in total. The Hall–Kier alpha value is -1.23. The minimum atomic E-state index is -2.98. The van der Waals surface area contributed by atoms with Crippen molar-refractivity contribution in [2.75, 3.05) is 6.61 Å².